The standard InChI is InChI=1S/C29H31N3O3/c1-32(2)20-11-9-18(10-12-20)19-15-25-28(26(33)16-19)29(31-24-8-6-5-7-23(24)30-25)22-14-13-21(34-3)17-27(22)35-4/h5-14,17,19,29-31H,15-16H2,1-4H3. The lowest BCUT2D eigenvalue weighted by molar-refractivity contribution is -0.116. The quantitative estimate of drug-likeness (QED) is 0.496. The van der Waals surface area contributed by atoms with Gasteiger partial charge in [0, 0.05) is 49.1 Å². The van der Waals surface area contributed by atoms with E-state index in [-0.39, 0.29) is 17.7 Å². The van der Waals surface area contributed by atoms with Crippen molar-refractivity contribution in [1.29, 1.82) is 0 Å². The number of hydrogen-bond acceptors (Lipinski definition) is 6. The van der Waals surface area contributed by atoms with Gasteiger partial charge in [-0.15, -0.1) is 0 Å². The van der Waals surface area contributed by atoms with E-state index in [9.17, 15) is 4.79 Å². The number of allylic oxidation sites excluding steroid dienone is 1. The summed E-state index contributed by atoms with van der Waals surface area (Å²) in [6.45, 7) is 0. The number of carbonyl (C=O) groups excluding carboxylic acids is 1. The highest BCUT2D eigenvalue weighted by Gasteiger charge is 2.37. The molecule has 0 spiro atoms. The molecule has 2 aliphatic rings. The number of hydrogen-bond donors (Lipinski definition) is 2. The molecule has 6 heteroatoms. The second kappa shape index (κ2) is 9.37. The van der Waals surface area contributed by atoms with E-state index >= 15 is 0 Å². The van der Waals surface area contributed by atoms with Gasteiger partial charge in [-0.05, 0) is 54.3 Å². The van der Waals surface area contributed by atoms with E-state index in [1.807, 2.05) is 56.6 Å². The number of para-hydroxylation sites is 2. The third kappa shape index (κ3) is 4.32. The average molecular weight is 470 g/mol. The number of fused-ring (bicyclic) bond motifs is 1. The fourth-order valence-corrected chi connectivity index (χ4v) is 5.06. The van der Waals surface area contributed by atoms with Crippen LogP contribution in [0.25, 0.3) is 0 Å². The van der Waals surface area contributed by atoms with Crippen molar-refractivity contribution in [2.45, 2.75) is 24.8 Å². The van der Waals surface area contributed by atoms with Gasteiger partial charge in [0.05, 0.1) is 31.6 Å². The Kier molecular flexibility index (Phi) is 6.12. The van der Waals surface area contributed by atoms with E-state index in [4.69, 9.17) is 9.47 Å². The van der Waals surface area contributed by atoms with Crippen molar-refractivity contribution in [1.82, 2.24) is 0 Å². The molecule has 5 rings (SSSR count). The van der Waals surface area contributed by atoms with Crippen molar-refractivity contribution in [3.05, 3.63) is 89.1 Å². The number of nitrogens with one attached hydrogen (secondary N) is 2. The predicted molar refractivity (Wildman–Crippen MR) is 141 cm³/mol. The van der Waals surface area contributed by atoms with Crippen LogP contribution in [-0.4, -0.2) is 34.1 Å². The Balaban J connectivity index is 1.59. The first-order chi connectivity index (χ1) is 17.0. The molecule has 6 nitrogen and oxygen atoms in total. The summed E-state index contributed by atoms with van der Waals surface area (Å²) in [6.07, 6.45) is 1.22. The Bertz CT molecular complexity index is 1280. The van der Waals surface area contributed by atoms with Crippen LogP contribution in [0.15, 0.2) is 78.0 Å². The zero-order valence-electron chi connectivity index (χ0n) is 20.6. The van der Waals surface area contributed by atoms with Crippen LogP contribution in [0, 0.1) is 0 Å². The highest BCUT2D eigenvalue weighted by molar-refractivity contribution is 6.01. The normalized spacial score (nSPS) is 19.0. The molecular formula is C29H31N3O3. The van der Waals surface area contributed by atoms with Crippen LogP contribution in [0.5, 0.6) is 11.5 Å². The Morgan fingerprint density at radius 1 is 0.886 bits per heavy atom. The number of ketones is 1. The molecule has 1 aliphatic carbocycles. The Hall–Kier alpha value is -3.93. The Morgan fingerprint density at radius 2 is 1.63 bits per heavy atom. The summed E-state index contributed by atoms with van der Waals surface area (Å²) in [6, 6.07) is 22.0. The van der Waals surface area contributed by atoms with Gasteiger partial charge in [-0.3, -0.25) is 4.79 Å². The molecule has 0 fully saturated rings. The molecule has 0 aromatic heterocycles. The molecule has 2 atom stereocenters. The number of carbonyl (C=O) groups is 1. The van der Waals surface area contributed by atoms with Crippen molar-refractivity contribution in [3.8, 4) is 11.5 Å². The van der Waals surface area contributed by atoms with Gasteiger partial charge in [0.15, 0.2) is 5.78 Å². The summed E-state index contributed by atoms with van der Waals surface area (Å²) in [5.74, 6) is 1.66. The smallest absolute Gasteiger partial charge is 0.163 e. The summed E-state index contributed by atoms with van der Waals surface area (Å²) in [5.41, 5.74) is 6.88. The third-order valence-electron chi connectivity index (χ3n) is 6.94. The van der Waals surface area contributed by atoms with Crippen LogP contribution in [0.4, 0.5) is 17.1 Å². The lowest BCUT2D eigenvalue weighted by Gasteiger charge is -2.30. The largest absolute Gasteiger partial charge is 0.497 e. The number of methoxy groups -OCH3 is 2. The lowest BCUT2D eigenvalue weighted by atomic mass is 9.78. The van der Waals surface area contributed by atoms with E-state index < -0.39 is 0 Å². The maximum atomic E-state index is 13.8. The number of Topliss-reactive ketones (excluding diaryl/α,β-unsaturated/α-hetero) is 1. The monoisotopic (exact) mass is 469 g/mol. The van der Waals surface area contributed by atoms with Gasteiger partial charge in [0.2, 0.25) is 0 Å². The van der Waals surface area contributed by atoms with Gasteiger partial charge >= 0.3 is 0 Å². The van der Waals surface area contributed by atoms with Gasteiger partial charge < -0.3 is 25.0 Å². The van der Waals surface area contributed by atoms with Crippen molar-refractivity contribution in [3.63, 3.8) is 0 Å². The Morgan fingerprint density at radius 3 is 2.31 bits per heavy atom. The molecule has 1 heterocycles. The van der Waals surface area contributed by atoms with Crippen LogP contribution in [-0.2, 0) is 4.79 Å². The molecule has 3 aromatic carbocycles. The van der Waals surface area contributed by atoms with Crippen molar-refractivity contribution >= 4 is 22.8 Å². The molecule has 0 bridgehead atoms. The zero-order valence-corrected chi connectivity index (χ0v) is 20.6. The van der Waals surface area contributed by atoms with Crippen LogP contribution < -0.4 is 25.0 Å². The summed E-state index contributed by atoms with van der Waals surface area (Å²) in [5, 5.41) is 7.23. The molecule has 35 heavy (non-hydrogen) atoms. The van der Waals surface area contributed by atoms with E-state index in [0.29, 0.717) is 17.9 Å². The predicted octanol–water partition coefficient (Wildman–Crippen LogP) is 5.75. The van der Waals surface area contributed by atoms with E-state index in [0.717, 1.165) is 40.3 Å². The SMILES string of the molecule is COc1ccc(C2Nc3ccccc3NC3=C2C(=O)CC(c2ccc(N(C)C)cc2)C3)c(OC)c1. The highest BCUT2D eigenvalue weighted by atomic mass is 16.5. The number of rotatable bonds is 5. The number of anilines is 3. The maximum absolute atomic E-state index is 13.8. The molecule has 2 N–H and O–H groups in total. The minimum Gasteiger partial charge on any atom is -0.497 e. The summed E-state index contributed by atoms with van der Waals surface area (Å²) in [7, 11) is 7.34. The molecule has 0 saturated heterocycles. The van der Waals surface area contributed by atoms with Crippen LogP contribution >= 0.6 is 0 Å². The minimum atomic E-state index is -0.341. The highest BCUT2D eigenvalue weighted by Crippen LogP contribution is 2.46. The van der Waals surface area contributed by atoms with Crippen LogP contribution in [0.1, 0.15) is 35.9 Å². The fourth-order valence-electron chi connectivity index (χ4n) is 5.06. The summed E-state index contributed by atoms with van der Waals surface area (Å²) in [4.78, 5) is 15.9. The number of benzene rings is 3. The molecule has 1 aliphatic heterocycles. The van der Waals surface area contributed by atoms with E-state index in [1.54, 1.807) is 14.2 Å². The Labute approximate surface area is 206 Å². The summed E-state index contributed by atoms with van der Waals surface area (Å²) >= 11 is 0. The van der Waals surface area contributed by atoms with Crippen molar-refractivity contribution in [2.24, 2.45) is 0 Å². The van der Waals surface area contributed by atoms with Gasteiger partial charge in [0.25, 0.3) is 0 Å². The van der Waals surface area contributed by atoms with E-state index in [1.165, 1.54) is 5.56 Å². The molecule has 2 unspecified atom stereocenters. The molecule has 3 aromatic rings. The minimum absolute atomic E-state index is 0.119. The van der Waals surface area contributed by atoms with Crippen LogP contribution in [0.3, 0.4) is 0 Å². The maximum Gasteiger partial charge on any atom is 0.163 e. The van der Waals surface area contributed by atoms with Crippen LogP contribution in [0.2, 0.25) is 0 Å². The van der Waals surface area contributed by atoms with E-state index in [2.05, 4.69) is 39.8 Å². The van der Waals surface area contributed by atoms with Gasteiger partial charge in [-0.1, -0.05) is 24.3 Å². The first-order valence-electron chi connectivity index (χ1n) is 11.9. The van der Waals surface area contributed by atoms with Gasteiger partial charge in [0.1, 0.15) is 11.5 Å². The third-order valence-corrected chi connectivity index (χ3v) is 6.94. The van der Waals surface area contributed by atoms with Crippen molar-refractivity contribution in [2.75, 3.05) is 43.8 Å². The zero-order chi connectivity index (χ0) is 24.5. The second-order valence-corrected chi connectivity index (χ2v) is 9.26. The molecular weight excluding hydrogens is 438 g/mol. The lowest BCUT2D eigenvalue weighted by Crippen LogP contribution is -2.27. The van der Waals surface area contributed by atoms with Gasteiger partial charge in [-0.25, -0.2) is 0 Å². The number of ether oxygens (including phenoxy) is 2. The topological polar surface area (TPSA) is 62.8 Å². The fraction of sp³-hybridized carbons (Fsp3) is 0.276. The first-order valence-corrected chi connectivity index (χ1v) is 11.9. The molecule has 0 saturated carbocycles. The molecule has 0 amide bonds. The summed E-state index contributed by atoms with van der Waals surface area (Å²) < 4.78 is 11.1. The first kappa shape index (κ1) is 22.8. The number of nitrogens with zero attached hydrogens (tertiary/aromatic N) is 1. The second-order valence-electron chi connectivity index (χ2n) is 9.26. The molecule has 0 radical (unpaired) electrons. The molecule has 180 valence electrons. The van der Waals surface area contributed by atoms with Crippen molar-refractivity contribution < 1.29 is 14.3 Å². The van der Waals surface area contributed by atoms with Gasteiger partial charge in [-0.2, -0.15) is 0 Å². The average Bonchev–Trinajstić information content (AvgIpc) is 3.05.